The second-order valence-electron chi connectivity index (χ2n) is 6.93. The van der Waals surface area contributed by atoms with E-state index in [2.05, 4.69) is 29.4 Å². The summed E-state index contributed by atoms with van der Waals surface area (Å²) in [5.74, 6) is 0.439. The molecule has 3 aromatic rings. The molecule has 0 aliphatic rings. The van der Waals surface area contributed by atoms with Crippen molar-refractivity contribution in [1.29, 1.82) is 0 Å². The first-order valence-electron chi connectivity index (χ1n) is 9.79. The number of carbonyl (C=O) groups is 1. The summed E-state index contributed by atoms with van der Waals surface area (Å²) in [7, 11) is 0. The van der Waals surface area contributed by atoms with Crippen molar-refractivity contribution in [1.82, 2.24) is 14.8 Å². The lowest BCUT2D eigenvalue weighted by molar-refractivity contribution is -0.113. The predicted octanol–water partition coefficient (Wildman–Crippen LogP) is 4.06. The number of amides is 1. The van der Waals surface area contributed by atoms with Crippen molar-refractivity contribution in [2.75, 3.05) is 11.1 Å². The highest BCUT2D eigenvalue weighted by atomic mass is 32.2. The van der Waals surface area contributed by atoms with E-state index in [9.17, 15) is 9.59 Å². The van der Waals surface area contributed by atoms with Crippen LogP contribution in [0.3, 0.4) is 0 Å². The molecule has 1 aromatic heterocycles. The summed E-state index contributed by atoms with van der Waals surface area (Å²) in [6, 6.07) is 17.9. The number of nitrogens with zero attached hydrogens (tertiary/aromatic N) is 2. The molecular formula is C22H26N4O2S. The number of hydrogen-bond donors (Lipinski definition) is 2. The Hall–Kier alpha value is -2.80. The molecule has 1 atom stereocenters. The fraction of sp³-hybridized carbons (Fsp3) is 0.318. The maximum Gasteiger partial charge on any atom is 0.343 e. The number of anilines is 1. The van der Waals surface area contributed by atoms with Crippen LogP contribution < -0.4 is 11.0 Å². The Labute approximate surface area is 174 Å². The highest BCUT2D eigenvalue weighted by Crippen LogP contribution is 2.26. The molecule has 0 fully saturated rings. The highest BCUT2D eigenvalue weighted by Gasteiger charge is 2.14. The standard InChI is InChI=1S/C22H26N4O2S/c1-3-16(2)18-11-7-8-12-19(18)23-20(27)15-29-22-25-24-21(28)26(22)14-13-17-9-5-4-6-10-17/h4-12,16H,3,13-15H2,1-2H3,(H,23,27)(H,24,28)/t16-/m1/s1. The van der Waals surface area contributed by atoms with Gasteiger partial charge in [0.05, 0.1) is 5.75 Å². The van der Waals surface area contributed by atoms with Crippen LogP contribution >= 0.6 is 11.8 Å². The van der Waals surface area contributed by atoms with E-state index < -0.39 is 0 Å². The second kappa shape index (κ2) is 10.1. The molecule has 0 aliphatic carbocycles. The van der Waals surface area contributed by atoms with Gasteiger partial charge in [0.25, 0.3) is 0 Å². The summed E-state index contributed by atoms with van der Waals surface area (Å²) in [5.41, 5.74) is 2.87. The lowest BCUT2D eigenvalue weighted by Gasteiger charge is -2.15. The summed E-state index contributed by atoms with van der Waals surface area (Å²) in [6.45, 7) is 4.79. The molecule has 1 heterocycles. The second-order valence-corrected chi connectivity index (χ2v) is 7.87. The number of benzene rings is 2. The summed E-state index contributed by atoms with van der Waals surface area (Å²) < 4.78 is 1.58. The molecule has 6 nitrogen and oxygen atoms in total. The van der Waals surface area contributed by atoms with Gasteiger partial charge in [-0.05, 0) is 36.0 Å². The maximum atomic E-state index is 12.5. The molecule has 0 saturated carbocycles. The molecule has 0 spiro atoms. The van der Waals surface area contributed by atoms with Crippen LogP contribution in [0, 0.1) is 0 Å². The Balaban J connectivity index is 1.61. The molecule has 7 heteroatoms. The quantitative estimate of drug-likeness (QED) is 0.522. The fourth-order valence-corrected chi connectivity index (χ4v) is 3.85. The largest absolute Gasteiger partial charge is 0.343 e. The van der Waals surface area contributed by atoms with Gasteiger partial charge in [-0.1, -0.05) is 74.1 Å². The minimum Gasteiger partial charge on any atom is -0.325 e. The average molecular weight is 411 g/mol. The van der Waals surface area contributed by atoms with Crippen molar-refractivity contribution in [2.24, 2.45) is 0 Å². The molecule has 0 aliphatic heterocycles. The lowest BCUT2D eigenvalue weighted by atomic mass is 9.97. The SMILES string of the molecule is CC[C@@H](C)c1ccccc1NC(=O)CSc1n[nH]c(=O)n1CCc1ccccc1. The van der Waals surface area contributed by atoms with E-state index in [0.29, 0.717) is 17.6 Å². The van der Waals surface area contributed by atoms with Crippen LogP contribution in [-0.2, 0) is 17.8 Å². The zero-order chi connectivity index (χ0) is 20.6. The third kappa shape index (κ3) is 5.60. The van der Waals surface area contributed by atoms with Crippen LogP contribution in [0.5, 0.6) is 0 Å². The van der Waals surface area contributed by atoms with Crippen LogP contribution in [0.15, 0.2) is 64.5 Å². The van der Waals surface area contributed by atoms with Gasteiger partial charge >= 0.3 is 5.69 Å². The zero-order valence-electron chi connectivity index (χ0n) is 16.7. The van der Waals surface area contributed by atoms with Crippen molar-refractivity contribution < 1.29 is 4.79 Å². The lowest BCUT2D eigenvalue weighted by Crippen LogP contribution is -2.20. The number of aryl methyl sites for hydroxylation is 1. The Morgan fingerprint density at radius 1 is 1.17 bits per heavy atom. The molecule has 29 heavy (non-hydrogen) atoms. The van der Waals surface area contributed by atoms with Crippen LogP contribution in [0.1, 0.15) is 37.3 Å². The number of aromatic amines is 1. The number of para-hydroxylation sites is 1. The van der Waals surface area contributed by atoms with Gasteiger partial charge in [0.15, 0.2) is 5.16 Å². The summed E-state index contributed by atoms with van der Waals surface area (Å²) in [5, 5.41) is 10.1. The normalized spacial score (nSPS) is 11.9. The number of hydrogen-bond acceptors (Lipinski definition) is 4. The van der Waals surface area contributed by atoms with E-state index in [0.717, 1.165) is 29.7 Å². The summed E-state index contributed by atoms with van der Waals surface area (Å²) in [4.78, 5) is 24.6. The van der Waals surface area contributed by atoms with Crippen LogP contribution in [0.4, 0.5) is 5.69 Å². The molecule has 0 unspecified atom stereocenters. The highest BCUT2D eigenvalue weighted by molar-refractivity contribution is 7.99. The summed E-state index contributed by atoms with van der Waals surface area (Å²) >= 11 is 1.26. The number of nitrogens with one attached hydrogen (secondary N) is 2. The summed E-state index contributed by atoms with van der Waals surface area (Å²) in [6.07, 6.45) is 1.73. The molecule has 3 rings (SSSR count). The Kier molecular flexibility index (Phi) is 7.30. The number of carbonyl (C=O) groups excluding carboxylic acids is 1. The first kappa shape index (κ1) is 20.9. The van der Waals surface area contributed by atoms with Crippen LogP contribution in [0.25, 0.3) is 0 Å². The molecule has 2 N–H and O–H groups in total. The first-order valence-corrected chi connectivity index (χ1v) is 10.8. The molecule has 0 bridgehead atoms. The molecule has 0 radical (unpaired) electrons. The minimum atomic E-state index is -0.258. The molecule has 152 valence electrons. The molecule has 2 aromatic carbocycles. The Morgan fingerprint density at radius 3 is 2.66 bits per heavy atom. The number of rotatable bonds is 9. The number of thioether (sulfide) groups is 1. The first-order chi connectivity index (χ1) is 14.1. The van der Waals surface area contributed by atoms with Crippen LogP contribution in [-0.4, -0.2) is 26.4 Å². The van der Waals surface area contributed by atoms with E-state index in [1.54, 1.807) is 4.57 Å². The number of aromatic nitrogens is 3. The average Bonchev–Trinajstić information content (AvgIpc) is 3.10. The van der Waals surface area contributed by atoms with Gasteiger partial charge < -0.3 is 5.32 Å². The third-order valence-corrected chi connectivity index (χ3v) is 5.88. The number of H-pyrrole nitrogens is 1. The van der Waals surface area contributed by atoms with Crippen molar-refractivity contribution >= 4 is 23.4 Å². The zero-order valence-corrected chi connectivity index (χ0v) is 17.5. The van der Waals surface area contributed by atoms with E-state index in [1.807, 2.05) is 54.6 Å². The Bertz CT molecular complexity index is 997. The van der Waals surface area contributed by atoms with E-state index in [-0.39, 0.29) is 17.3 Å². The fourth-order valence-electron chi connectivity index (χ4n) is 3.07. The van der Waals surface area contributed by atoms with E-state index >= 15 is 0 Å². The smallest absolute Gasteiger partial charge is 0.325 e. The van der Waals surface area contributed by atoms with Gasteiger partial charge in [0.1, 0.15) is 0 Å². The molecular weight excluding hydrogens is 384 g/mol. The van der Waals surface area contributed by atoms with E-state index in [1.165, 1.54) is 11.8 Å². The molecule has 0 saturated heterocycles. The van der Waals surface area contributed by atoms with Crippen molar-refractivity contribution in [3.8, 4) is 0 Å². The molecule has 1 amide bonds. The van der Waals surface area contributed by atoms with Gasteiger partial charge in [0.2, 0.25) is 5.91 Å². The van der Waals surface area contributed by atoms with Crippen molar-refractivity contribution in [3.63, 3.8) is 0 Å². The maximum absolute atomic E-state index is 12.5. The van der Waals surface area contributed by atoms with Crippen LogP contribution in [0.2, 0.25) is 0 Å². The van der Waals surface area contributed by atoms with Crippen molar-refractivity contribution in [2.45, 2.75) is 44.3 Å². The van der Waals surface area contributed by atoms with Gasteiger partial charge in [-0.3, -0.25) is 9.36 Å². The Morgan fingerprint density at radius 2 is 1.90 bits per heavy atom. The van der Waals surface area contributed by atoms with Gasteiger partial charge in [-0.2, -0.15) is 0 Å². The van der Waals surface area contributed by atoms with Gasteiger partial charge in [-0.25, -0.2) is 9.89 Å². The van der Waals surface area contributed by atoms with Gasteiger partial charge in [0, 0.05) is 12.2 Å². The van der Waals surface area contributed by atoms with Crippen molar-refractivity contribution in [3.05, 3.63) is 76.2 Å². The van der Waals surface area contributed by atoms with E-state index in [4.69, 9.17) is 0 Å². The minimum absolute atomic E-state index is 0.115. The van der Waals surface area contributed by atoms with Gasteiger partial charge in [-0.15, -0.1) is 5.10 Å². The third-order valence-electron chi connectivity index (χ3n) is 4.90. The monoisotopic (exact) mass is 410 g/mol. The topological polar surface area (TPSA) is 79.8 Å². The predicted molar refractivity (Wildman–Crippen MR) is 117 cm³/mol.